The lowest BCUT2D eigenvalue weighted by Crippen LogP contribution is -2.15. The Labute approximate surface area is 119 Å². The molecule has 1 amide bonds. The number of carbonyl (C=O) groups is 1. The monoisotopic (exact) mass is 320 g/mol. The molecule has 0 saturated carbocycles. The molecule has 1 N–H and O–H groups in total. The van der Waals surface area contributed by atoms with Crippen LogP contribution in [0.1, 0.15) is 6.42 Å². The first-order chi connectivity index (χ1) is 9.24. The average Bonchev–Trinajstić information content (AvgIpc) is 2.43. The van der Waals surface area contributed by atoms with Gasteiger partial charge in [-0.1, -0.05) is 18.2 Å². The maximum Gasteiger partial charge on any atom is 0.227 e. The van der Waals surface area contributed by atoms with E-state index < -0.39 is 0 Å². The number of hydrogen-bond donors (Lipinski definition) is 1. The van der Waals surface area contributed by atoms with Gasteiger partial charge in [0.15, 0.2) is 0 Å². The Hall–Kier alpha value is -1.88. The normalized spacial score (nSPS) is 9.95. The highest BCUT2D eigenvalue weighted by Crippen LogP contribution is 2.11. The first-order valence-corrected chi connectivity index (χ1v) is 6.62. The second-order valence-corrected chi connectivity index (χ2v) is 4.64. The molecule has 1 aromatic heterocycles. The third-order valence-corrected chi connectivity index (χ3v) is 2.82. The number of carbonyl (C=O) groups excluding carboxylic acids is 1. The van der Waals surface area contributed by atoms with E-state index in [2.05, 4.69) is 26.2 Å². The van der Waals surface area contributed by atoms with Gasteiger partial charge in [0, 0.05) is 0 Å². The Morgan fingerprint density at radius 2 is 2.00 bits per heavy atom. The largest absolute Gasteiger partial charge is 0.493 e. The number of halogens is 1. The van der Waals surface area contributed by atoms with Crippen LogP contribution in [-0.2, 0) is 4.79 Å². The second-order valence-electron chi connectivity index (χ2n) is 3.83. The minimum atomic E-state index is -0.0972. The molecule has 0 spiro atoms. The SMILES string of the molecule is O=C(CCOc1ccccc1)Nc1ccc(Br)nc1. The van der Waals surface area contributed by atoms with Gasteiger partial charge in [0.1, 0.15) is 10.4 Å². The van der Waals surface area contributed by atoms with Crippen LogP contribution in [0.4, 0.5) is 5.69 Å². The molecule has 1 aromatic carbocycles. The van der Waals surface area contributed by atoms with E-state index in [9.17, 15) is 4.79 Å². The second kappa shape index (κ2) is 6.89. The average molecular weight is 321 g/mol. The van der Waals surface area contributed by atoms with Gasteiger partial charge in [0.25, 0.3) is 0 Å². The number of ether oxygens (including phenoxy) is 1. The number of para-hydroxylation sites is 1. The standard InChI is InChI=1S/C14H13BrN2O2/c15-13-7-6-11(10-16-13)17-14(18)8-9-19-12-4-2-1-3-5-12/h1-7,10H,8-9H2,(H,17,18). The van der Waals surface area contributed by atoms with Crippen molar-refractivity contribution in [2.75, 3.05) is 11.9 Å². The molecule has 0 aliphatic heterocycles. The van der Waals surface area contributed by atoms with Crippen LogP contribution in [0.5, 0.6) is 5.75 Å². The van der Waals surface area contributed by atoms with Gasteiger partial charge >= 0.3 is 0 Å². The maximum atomic E-state index is 11.7. The van der Waals surface area contributed by atoms with Crippen LogP contribution in [0, 0.1) is 0 Å². The lowest BCUT2D eigenvalue weighted by molar-refractivity contribution is -0.116. The predicted molar refractivity (Wildman–Crippen MR) is 77.1 cm³/mol. The highest BCUT2D eigenvalue weighted by atomic mass is 79.9. The van der Waals surface area contributed by atoms with Crippen LogP contribution < -0.4 is 10.1 Å². The van der Waals surface area contributed by atoms with Crippen molar-refractivity contribution < 1.29 is 9.53 Å². The quantitative estimate of drug-likeness (QED) is 0.860. The highest BCUT2D eigenvalue weighted by Gasteiger charge is 2.03. The number of nitrogens with one attached hydrogen (secondary N) is 1. The molecule has 4 nitrogen and oxygen atoms in total. The third-order valence-electron chi connectivity index (χ3n) is 2.35. The van der Waals surface area contributed by atoms with Crippen LogP contribution in [0.2, 0.25) is 0 Å². The van der Waals surface area contributed by atoms with Crippen molar-refractivity contribution in [3.63, 3.8) is 0 Å². The van der Waals surface area contributed by atoms with Gasteiger partial charge < -0.3 is 10.1 Å². The molecular formula is C14H13BrN2O2. The fourth-order valence-corrected chi connectivity index (χ4v) is 1.69. The highest BCUT2D eigenvalue weighted by molar-refractivity contribution is 9.10. The Bertz CT molecular complexity index is 529. The van der Waals surface area contributed by atoms with Crippen LogP contribution in [0.3, 0.4) is 0 Å². The zero-order chi connectivity index (χ0) is 13.5. The van der Waals surface area contributed by atoms with E-state index >= 15 is 0 Å². The molecule has 19 heavy (non-hydrogen) atoms. The maximum absolute atomic E-state index is 11.7. The molecular weight excluding hydrogens is 308 g/mol. The number of benzene rings is 1. The van der Waals surface area contributed by atoms with Gasteiger partial charge in [-0.05, 0) is 40.2 Å². The Kier molecular flexibility index (Phi) is 4.92. The number of aromatic nitrogens is 1. The summed E-state index contributed by atoms with van der Waals surface area (Å²) in [5.74, 6) is 0.667. The summed E-state index contributed by atoms with van der Waals surface area (Å²) in [5, 5.41) is 2.75. The number of nitrogens with zero attached hydrogens (tertiary/aromatic N) is 1. The summed E-state index contributed by atoms with van der Waals surface area (Å²) in [6.07, 6.45) is 1.89. The molecule has 2 aromatic rings. The number of rotatable bonds is 5. The zero-order valence-corrected chi connectivity index (χ0v) is 11.8. The van der Waals surface area contributed by atoms with Crippen LogP contribution in [0.25, 0.3) is 0 Å². The molecule has 2 rings (SSSR count). The predicted octanol–water partition coefficient (Wildman–Crippen LogP) is 3.25. The van der Waals surface area contributed by atoms with Crippen molar-refractivity contribution in [1.82, 2.24) is 4.98 Å². The van der Waals surface area contributed by atoms with Crippen LogP contribution >= 0.6 is 15.9 Å². The van der Waals surface area contributed by atoms with E-state index in [4.69, 9.17) is 4.74 Å². The summed E-state index contributed by atoms with van der Waals surface area (Å²) in [7, 11) is 0. The van der Waals surface area contributed by atoms with Crippen molar-refractivity contribution in [1.29, 1.82) is 0 Å². The lowest BCUT2D eigenvalue weighted by Gasteiger charge is -2.07. The fraction of sp³-hybridized carbons (Fsp3) is 0.143. The van der Waals surface area contributed by atoms with Gasteiger partial charge in [0.05, 0.1) is 24.9 Å². The van der Waals surface area contributed by atoms with E-state index in [1.54, 1.807) is 18.3 Å². The number of hydrogen-bond acceptors (Lipinski definition) is 3. The topological polar surface area (TPSA) is 51.2 Å². The smallest absolute Gasteiger partial charge is 0.227 e. The molecule has 0 aliphatic rings. The van der Waals surface area contributed by atoms with E-state index in [-0.39, 0.29) is 5.91 Å². The van der Waals surface area contributed by atoms with E-state index in [1.807, 2.05) is 30.3 Å². The van der Waals surface area contributed by atoms with E-state index in [0.717, 1.165) is 10.4 Å². The van der Waals surface area contributed by atoms with Crippen LogP contribution in [0.15, 0.2) is 53.3 Å². The van der Waals surface area contributed by atoms with Crippen LogP contribution in [-0.4, -0.2) is 17.5 Å². The van der Waals surface area contributed by atoms with E-state index in [0.29, 0.717) is 18.7 Å². The molecule has 0 fully saturated rings. The molecule has 5 heteroatoms. The molecule has 0 unspecified atom stereocenters. The summed E-state index contributed by atoms with van der Waals surface area (Å²) in [6.45, 7) is 0.347. The first-order valence-electron chi connectivity index (χ1n) is 5.83. The molecule has 0 bridgehead atoms. The Balaban J connectivity index is 1.74. The number of pyridine rings is 1. The van der Waals surface area contributed by atoms with Crippen molar-refractivity contribution in [2.45, 2.75) is 6.42 Å². The molecule has 0 atom stereocenters. The molecule has 0 aliphatic carbocycles. The van der Waals surface area contributed by atoms with Gasteiger partial charge in [-0.2, -0.15) is 0 Å². The minimum absolute atomic E-state index is 0.0972. The summed E-state index contributed by atoms with van der Waals surface area (Å²) in [6, 6.07) is 13.0. The van der Waals surface area contributed by atoms with Gasteiger partial charge in [0.2, 0.25) is 5.91 Å². The first kappa shape index (κ1) is 13.5. The van der Waals surface area contributed by atoms with E-state index in [1.165, 1.54) is 0 Å². The Morgan fingerprint density at radius 3 is 2.68 bits per heavy atom. The molecule has 0 radical (unpaired) electrons. The minimum Gasteiger partial charge on any atom is -0.493 e. The molecule has 0 saturated heterocycles. The molecule has 1 heterocycles. The fourth-order valence-electron chi connectivity index (χ4n) is 1.45. The van der Waals surface area contributed by atoms with Gasteiger partial charge in [-0.15, -0.1) is 0 Å². The summed E-state index contributed by atoms with van der Waals surface area (Å²) >= 11 is 3.24. The lowest BCUT2D eigenvalue weighted by atomic mass is 10.3. The van der Waals surface area contributed by atoms with Gasteiger partial charge in [-0.3, -0.25) is 4.79 Å². The number of amides is 1. The van der Waals surface area contributed by atoms with Crippen molar-refractivity contribution in [2.24, 2.45) is 0 Å². The molecule has 98 valence electrons. The number of anilines is 1. The summed E-state index contributed by atoms with van der Waals surface area (Å²) in [5.41, 5.74) is 0.674. The zero-order valence-electron chi connectivity index (χ0n) is 10.2. The summed E-state index contributed by atoms with van der Waals surface area (Å²) in [4.78, 5) is 15.7. The van der Waals surface area contributed by atoms with Crippen molar-refractivity contribution in [3.8, 4) is 5.75 Å². The van der Waals surface area contributed by atoms with Gasteiger partial charge in [-0.25, -0.2) is 4.98 Å². The third kappa shape index (κ3) is 4.71. The van der Waals surface area contributed by atoms with Crippen molar-refractivity contribution >= 4 is 27.5 Å². The van der Waals surface area contributed by atoms with Crippen molar-refractivity contribution in [3.05, 3.63) is 53.3 Å². The Morgan fingerprint density at radius 1 is 1.21 bits per heavy atom. The summed E-state index contributed by atoms with van der Waals surface area (Å²) < 4.78 is 6.18.